The topological polar surface area (TPSA) is 149 Å². The number of para-hydroxylation sites is 2. The first kappa shape index (κ1) is 36.8. The SMILES string of the molecule is O=C(O[C@H]1CCOC1)N1CCN(c2nc(-c3ccccc3O)nc3ccc(F)cc23)CC1.Oc1ccccc1-c1nc(N2CCNCC2)c2cc(F)ccc2n1. The first-order chi connectivity index (χ1) is 27.3. The molecule has 15 heteroatoms. The number of carbonyl (C=O) groups excluding carboxylic acids is 1. The molecule has 2 aromatic heterocycles. The second-order valence-electron chi connectivity index (χ2n) is 13.7. The van der Waals surface area contributed by atoms with Gasteiger partial charge in [-0.1, -0.05) is 24.3 Å². The fourth-order valence-corrected chi connectivity index (χ4v) is 7.02. The highest BCUT2D eigenvalue weighted by atomic mass is 19.1. The molecule has 3 aliphatic heterocycles. The third-order valence-electron chi connectivity index (χ3n) is 9.97. The van der Waals surface area contributed by atoms with Crippen molar-refractivity contribution in [2.45, 2.75) is 12.5 Å². The van der Waals surface area contributed by atoms with Crippen molar-refractivity contribution in [2.24, 2.45) is 0 Å². The number of hydrogen-bond donors (Lipinski definition) is 3. The molecule has 4 aromatic carbocycles. The lowest BCUT2D eigenvalue weighted by Crippen LogP contribution is -2.49. The first-order valence-electron chi connectivity index (χ1n) is 18.6. The Morgan fingerprint density at radius 2 is 1.21 bits per heavy atom. The largest absolute Gasteiger partial charge is 0.507 e. The Labute approximate surface area is 321 Å². The number of nitrogens with zero attached hydrogens (tertiary/aromatic N) is 7. The van der Waals surface area contributed by atoms with Crippen LogP contribution in [-0.4, -0.2) is 113 Å². The predicted octanol–water partition coefficient (Wildman–Crippen LogP) is 5.74. The van der Waals surface area contributed by atoms with Gasteiger partial charge < -0.3 is 39.7 Å². The summed E-state index contributed by atoms with van der Waals surface area (Å²) in [6.45, 7) is 6.29. The standard InChI is InChI=1S/C23H23FN4O4.C18H17FN4O/c24-15-5-6-19-18(13-15)22(26-21(25-19)17-3-1-2-4-20(17)29)27-8-10-28(11-9-27)23(30)32-16-7-12-31-14-16;19-12-5-6-15-14(11-12)18(23-9-7-20-8-10-23)22-17(21-15)13-3-1-2-4-16(13)24/h1-6,13,16,29H,7-12,14H2;1-6,11,20,24H,7-10H2/t16-;/m0./s1. The van der Waals surface area contributed by atoms with Crippen LogP contribution in [0.2, 0.25) is 0 Å². The maximum absolute atomic E-state index is 14.0. The van der Waals surface area contributed by atoms with E-state index in [-0.39, 0.29) is 35.3 Å². The van der Waals surface area contributed by atoms with Crippen LogP contribution in [0.15, 0.2) is 84.9 Å². The lowest BCUT2D eigenvalue weighted by molar-refractivity contribution is 0.0534. The third kappa shape index (κ3) is 7.95. The first-order valence-corrected chi connectivity index (χ1v) is 18.6. The number of halogens is 2. The third-order valence-corrected chi connectivity index (χ3v) is 9.97. The number of piperazine rings is 2. The van der Waals surface area contributed by atoms with Crippen molar-refractivity contribution in [2.75, 3.05) is 75.4 Å². The average molecular weight is 763 g/mol. The summed E-state index contributed by atoms with van der Waals surface area (Å²) in [6.07, 6.45) is 0.198. The summed E-state index contributed by atoms with van der Waals surface area (Å²) < 4.78 is 38.6. The van der Waals surface area contributed by atoms with Gasteiger partial charge in [-0.2, -0.15) is 0 Å². The van der Waals surface area contributed by atoms with Crippen LogP contribution in [0, 0.1) is 11.6 Å². The number of anilines is 2. The predicted molar refractivity (Wildman–Crippen MR) is 208 cm³/mol. The molecule has 56 heavy (non-hydrogen) atoms. The number of carbonyl (C=O) groups is 1. The van der Waals surface area contributed by atoms with E-state index in [1.165, 1.54) is 24.3 Å². The highest BCUT2D eigenvalue weighted by molar-refractivity contribution is 5.92. The summed E-state index contributed by atoms with van der Waals surface area (Å²) >= 11 is 0. The Morgan fingerprint density at radius 3 is 1.71 bits per heavy atom. The van der Waals surface area contributed by atoms with E-state index in [4.69, 9.17) is 9.47 Å². The monoisotopic (exact) mass is 762 g/mol. The number of phenols is 2. The van der Waals surface area contributed by atoms with Crippen molar-refractivity contribution in [3.05, 3.63) is 96.6 Å². The number of amides is 1. The van der Waals surface area contributed by atoms with Gasteiger partial charge in [-0.15, -0.1) is 0 Å². The van der Waals surface area contributed by atoms with E-state index >= 15 is 0 Å². The molecule has 5 heterocycles. The maximum atomic E-state index is 14.0. The summed E-state index contributed by atoms with van der Waals surface area (Å²) in [5.41, 5.74) is 2.32. The van der Waals surface area contributed by atoms with Crippen LogP contribution in [0.4, 0.5) is 25.2 Å². The molecule has 0 spiro atoms. The van der Waals surface area contributed by atoms with Crippen molar-refractivity contribution in [1.29, 1.82) is 0 Å². The minimum Gasteiger partial charge on any atom is -0.507 e. The smallest absolute Gasteiger partial charge is 0.410 e. The molecular weight excluding hydrogens is 722 g/mol. The van der Waals surface area contributed by atoms with E-state index in [0.717, 1.165) is 32.6 Å². The van der Waals surface area contributed by atoms with Gasteiger partial charge in [0.05, 0.1) is 35.4 Å². The molecule has 3 fully saturated rings. The van der Waals surface area contributed by atoms with Crippen molar-refractivity contribution in [3.8, 4) is 34.3 Å². The highest BCUT2D eigenvalue weighted by Gasteiger charge is 2.28. The van der Waals surface area contributed by atoms with Gasteiger partial charge in [-0.3, -0.25) is 0 Å². The van der Waals surface area contributed by atoms with Crippen LogP contribution in [0.5, 0.6) is 11.5 Å². The second-order valence-corrected chi connectivity index (χ2v) is 13.7. The lowest BCUT2D eigenvalue weighted by atomic mass is 10.1. The summed E-state index contributed by atoms with van der Waals surface area (Å²) in [4.78, 5) is 36.7. The number of aromatic nitrogens is 4. The van der Waals surface area contributed by atoms with Crippen LogP contribution < -0.4 is 15.1 Å². The van der Waals surface area contributed by atoms with Crippen LogP contribution in [0.3, 0.4) is 0 Å². The zero-order valence-electron chi connectivity index (χ0n) is 30.4. The number of phenolic OH excluding ortho intramolecular Hbond substituents is 2. The van der Waals surface area contributed by atoms with E-state index in [0.29, 0.717) is 95.6 Å². The van der Waals surface area contributed by atoms with Gasteiger partial charge in [-0.05, 0) is 60.7 Å². The molecule has 0 aliphatic carbocycles. The summed E-state index contributed by atoms with van der Waals surface area (Å²) in [7, 11) is 0. The molecular formula is C41H40F2N8O5. The van der Waals surface area contributed by atoms with Crippen molar-refractivity contribution < 1.29 is 33.3 Å². The fraction of sp³-hybridized carbons (Fsp3) is 0.293. The molecule has 13 nitrogen and oxygen atoms in total. The van der Waals surface area contributed by atoms with Crippen LogP contribution in [0.1, 0.15) is 6.42 Å². The fourth-order valence-electron chi connectivity index (χ4n) is 7.02. The molecule has 0 saturated carbocycles. The van der Waals surface area contributed by atoms with Crippen LogP contribution in [-0.2, 0) is 9.47 Å². The normalized spacial score (nSPS) is 17.2. The summed E-state index contributed by atoms with van der Waals surface area (Å²) in [5.74, 6) is 1.61. The van der Waals surface area contributed by atoms with Crippen LogP contribution in [0.25, 0.3) is 44.6 Å². The number of rotatable bonds is 5. The van der Waals surface area contributed by atoms with E-state index < -0.39 is 0 Å². The van der Waals surface area contributed by atoms with Gasteiger partial charge >= 0.3 is 6.09 Å². The molecule has 3 aliphatic rings. The van der Waals surface area contributed by atoms with Gasteiger partial charge in [0, 0.05) is 69.6 Å². The Kier molecular flexibility index (Phi) is 10.7. The number of fused-ring (bicyclic) bond motifs is 2. The number of ether oxygens (including phenoxy) is 2. The Bertz CT molecular complexity index is 2370. The van der Waals surface area contributed by atoms with E-state index in [1.54, 1.807) is 59.5 Å². The minimum absolute atomic E-state index is 0.0726. The van der Waals surface area contributed by atoms with Crippen molar-refractivity contribution in [1.82, 2.24) is 30.2 Å². The van der Waals surface area contributed by atoms with Gasteiger partial charge in [0.2, 0.25) is 0 Å². The molecule has 0 radical (unpaired) electrons. The quantitative estimate of drug-likeness (QED) is 0.197. The number of benzene rings is 4. The Balaban J connectivity index is 0.000000164. The molecule has 3 N–H and O–H groups in total. The number of aromatic hydroxyl groups is 2. The van der Waals surface area contributed by atoms with Gasteiger partial charge in [0.1, 0.15) is 40.9 Å². The van der Waals surface area contributed by atoms with Gasteiger partial charge in [0.25, 0.3) is 0 Å². The van der Waals surface area contributed by atoms with E-state index in [2.05, 4.69) is 30.2 Å². The molecule has 1 atom stereocenters. The van der Waals surface area contributed by atoms with Crippen LogP contribution >= 0.6 is 0 Å². The molecule has 288 valence electrons. The van der Waals surface area contributed by atoms with Gasteiger partial charge in [0.15, 0.2) is 11.6 Å². The average Bonchev–Trinajstić information content (AvgIpc) is 3.74. The Hall–Kier alpha value is -6.19. The summed E-state index contributed by atoms with van der Waals surface area (Å²) in [5, 5.41) is 25.0. The summed E-state index contributed by atoms with van der Waals surface area (Å²) in [6, 6.07) is 22.7. The molecule has 1 amide bonds. The maximum Gasteiger partial charge on any atom is 0.410 e. The van der Waals surface area contributed by atoms with E-state index in [9.17, 15) is 23.8 Å². The molecule has 0 unspecified atom stereocenters. The van der Waals surface area contributed by atoms with Gasteiger partial charge in [-0.25, -0.2) is 33.5 Å². The van der Waals surface area contributed by atoms with E-state index in [1.807, 2.05) is 11.0 Å². The highest BCUT2D eigenvalue weighted by Crippen LogP contribution is 2.34. The molecule has 3 saturated heterocycles. The minimum atomic E-state index is -0.376. The molecule has 0 bridgehead atoms. The number of nitrogens with one attached hydrogen (secondary N) is 1. The zero-order valence-corrected chi connectivity index (χ0v) is 30.4. The van der Waals surface area contributed by atoms with Crippen molar-refractivity contribution >= 4 is 39.5 Å². The Morgan fingerprint density at radius 1 is 0.696 bits per heavy atom. The van der Waals surface area contributed by atoms with Crippen molar-refractivity contribution in [3.63, 3.8) is 0 Å². The second kappa shape index (κ2) is 16.3. The molecule has 6 aromatic rings. The lowest BCUT2D eigenvalue weighted by Gasteiger charge is -2.35. The number of hydrogen-bond acceptors (Lipinski definition) is 12. The molecule has 9 rings (SSSR count). The zero-order chi connectivity index (χ0) is 38.6.